The summed E-state index contributed by atoms with van der Waals surface area (Å²) in [6.07, 6.45) is 1.68. The van der Waals surface area contributed by atoms with Crippen LogP contribution >= 0.6 is 0 Å². The highest BCUT2D eigenvalue weighted by atomic mass is 32.2. The molecule has 1 aliphatic carbocycles. The summed E-state index contributed by atoms with van der Waals surface area (Å²) in [5, 5.41) is 15.1. The van der Waals surface area contributed by atoms with Crippen molar-refractivity contribution in [3.8, 4) is 0 Å². The van der Waals surface area contributed by atoms with Crippen molar-refractivity contribution in [3.63, 3.8) is 0 Å². The Morgan fingerprint density at radius 1 is 1.41 bits per heavy atom. The second-order valence-electron chi connectivity index (χ2n) is 4.08. The fourth-order valence-corrected chi connectivity index (χ4v) is 3.40. The summed E-state index contributed by atoms with van der Waals surface area (Å²) >= 11 is 0. The summed E-state index contributed by atoms with van der Waals surface area (Å²) < 4.78 is 23.0. The van der Waals surface area contributed by atoms with Gasteiger partial charge in [0.15, 0.2) is 0 Å². The zero-order chi connectivity index (χ0) is 12.6. The third-order valence-electron chi connectivity index (χ3n) is 3.00. The van der Waals surface area contributed by atoms with Gasteiger partial charge in [-0.2, -0.15) is 0 Å². The predicted molar refractivity (Wildman–Crippen MR) is 61.9 cm³/mol. The van der Waals surface area contributed by atoms with Crippen LogP contribution in [-0.4, -0.2) is 13.3 Å². The lowest BCUT2D eigenvalue weighted by atomic mass is 9.90. The molecule has 0 aromatic heterocycles. The highest BCUT2D eigenvalue weighted by Crippen LogP contribution is 2.39. The fourth-order valence-electron chi connectivity index (χ4n) is 2.30. The number of rotatable bonds is 2. The molecule has 7 heteroatoms. The lowest BCUT2D eigenvalue weighted by Gasteiger charge is -2.23. The van der Waals surface area contributed by atoms with E-state index in [1.54, 1.807) is 12.1 Å². The van der Waals surface area contributed by atoms with Crippen LogP contribution in [0.1, 0.15) is 29.2 Å². The van der Waals surface area contributed by atoms with E-state index in [1.807, 2.05) is 0 Å². The molecule has 0 aliphatic heterocycles. The molecule has 0 fully saturated rings. The van der Waals surface area contributed by atoms with Gasteiger partial charge in [0.2, 0.25) is 10.0 Å². The normalized spacial score (nSPS) is 19.7. The minimum absolute atomic E-state index is 0.152. The Balaban J connectivity index is 2.67. The van der Waals surface area contributed by atoms with Crippen LogP contribution in [-0.2, 0) is 16.4 Å². The van der Waals surface area contributed by atoms with Crippen LogP contribution in [0.5, 0.6) is 0 Å². The zero-order valence-electron chi connectivity index (χ0n) is 9.00. The molecule has 2 rings (SSSR count). The fraction of sp³-hybridized carbons (Fsp3) is 0.400. The average molecular weight is 256 g/mol. The van der Waals surface area contributed by atoms with E-state index in [-0.39, 0.29) is 11.3 Å². The predicted octanol–water partition coefficient (Wildman–Crippen LogP) is 1.26. The smallest absolute Gasteiger partial charge is 0.258 e. The van der Waals surface area contributed by atoms with Crippen LogP contribution in [0.2, 0.25) is 0 Å². The Morgan fingerprint density at radius 3 is 2.71 bits per heavy atom. The van der Waals surface area contributed by atoms with E-state index in [9.17, 15) is 18.5 Å². The van der Waals surface area contributed by atoms with Crippen LogP contribution in [0.4, 0.5) is 5.69 Å². The van der Waals surface area contributed by atoms with Crippen LogP contribution in [0.3, 0.4) is 0 Å². The molecular weight excluding hydrogens is 244 g/mol. The van der Waals surface area contributed by atoms with Crippen molar-refractivity contribution in [2.75, 3.05) is 0 Å². The summed E-state index contributed by atoms with van der Waals surface area (Å²) in [7, 11) is -3.80. The maximum absolute atomic E-state index is 11.5. The maximum atomic E-state index is 11.5. The first kappa shape index (κ1) is 12.0. The molecule has 0 amide bonds. The summed E-state index contributed by atoms with van der Waals surface area (Å²) in [6, 6.07) is 4.62. The SMILES string of the molecule is NS(=O)(=O)C1CCCc2cccc([N+](=O)[O-])c21. The van der Waals surface area contributed by atoms with Crippen molar-refractivity contribution in [2.24, 2.45) is 5.14 Å². The summed E-state index contributed by atoms with van der Waals surface area (Å²) in [6.45, 7) is 0. The molecule has 0 saturated heterocycles. The van der Waals surface area contributed by atoms with E-state index in [0.717, 1.165) is 0 Å². The van der Waals surface area contributed by atoms with Crippen LogP contribution < -0.4 is 5.14 Å². The number of primary sulfonamides is 1. The van der Waals surface area contributed by atoms with Crippen molar-refractivity contribution in [1.82, 2.24) is 0 Å². The van der Waals surface area contributed by atoms with E-state index >= 15 is 0 Å². The number of aryl methyl sites for hydroxylation is 1. The maximum Gasteiger partial charge on any atom is 0.274 e. The minimum atomic E-state index is -3.80. The summed E-state index contributed by atoms with van der Waals surface area (Å²) in [5.74, 6) is 0. The van der Waals surface area contributed by atoms with E-state index in [4.69, 9.17) is 5.14 Å². The van der Waals surface area contributed by atoms with Gasteiger partial charge in [-0.25, -0.2) is 13.6 Å². The molecule has 1 unspecified atom stereocenters. The van der Waals surface area contributed by atoms with Gasteiger partial charge in [-0.3, -0.25) is 10.1 Å². The first-order valence-electron chi connectivity index (χ1n) is 5.19. The number of nitro benzene ring substituents is 1. The Bertz CT molecular complexity index is 568. The Hall–Kier alpha value is -1.47. The van der Waals surface area contributed by atoms with Gasteiger partial charge in [-0.05, 0) is 24.8 Å². The molecule has 1 aromatic rings. The number of hydrogen-bond acceptors (Lipinski definition) is 4. The second kappa shape index (κ2) is 4.08. The van der Waals surface area contributed by atoms with E-state index in [1.165, 1.54) is 6.07 Å². The van der Waals surface area contributed by atoms with Crippen molar-refractivity contribution in [2.45, 2.75) is 24.5 Å². The van der Waals surface area contributed by atoms with Crippen molar-refractivity contribution < 1.29 is 13.3 Å². The Kier molecular flexibility index (Phi) is 2.88. The number of hydrogen-bond donors (Lipinski definition) is 1. The van der Waals surface area contributed by atoms with Gasteiger partial charge in [0.25, 0.3) is 5.69 Å². The van der Waals surface area contributed by atoms with Gasteiger partial charge in [0.1, 0.15) is 5.25 Å². The first-order valence-corrected chi connectivity index (χ1v) is 6.80. The highest BCUT2D eigenvalue weighted by Gasteiger charge is 2.34. The molecule has 0 saturated carbocycles. The summed E-state index contributed by atoms with van der Waals surface area (Å²) in [4.78, 5) is 10.4. The molecule has 0 radical (unpaired) electrons. The number of fused-ring (bicyclic) bond motifs is 1. The topological polar surface area (TPSA) is 103 Å². The van der Waals surface area contributed by atoms with Gasteiger partial charge >= 0.3 is 0 Å². The monoisotopic (exact) mass is 256 g/mol. The van der Waals surface area contributed by atoms with Crippen LogP contribution in [0.25, 0.3) is 0 Å². The third-order valence-corrected chi connectivity index (χ3v) is 4.27. The third kappa shape index (κ3) is 2.16. The molecule has 6 nitrogen and oxygen atoms in total. The number of nitrogens with two attached hydrogens (primary N) is 1. The van der Waals surface area contributed by atoms with Crippen molar-refractivity contribution in [1.29, 1.82) is 0 Å². The Labute approximate surface area is 98.6 Å². The lowest BCUT2D eigenvalue weighted by Crippen LogP contribution is -2.26. The van der Waals surface area contributed by atoms with Gasteiger partial charge in [0.05, 0.1) is 10.5 Å². The number of nitrogens with zero attached hydrogens (tertiary/aromatic N) is 1. The van der Waals surface area contributed by atoms with E-state index < -0.39 is 20.2 Å². The molecule has 1 atom stereocenters. The lowest BCUT2D eigenvalue weighted by molar-refractivity contribution is -0.385. The number of benzene rings is 1. The van der Waals surface area contributed by atoms with Gasteiger partial charge < -0.3 is 0 Å². The molecule has 2 N–H and O–H groups in total. The van der Waals surface area contributed by atoms with E-state index in [2.05, 4.69) is 0 Å². The molecule has 1 aliphatic rings. The molecule has 0 bridgehead atoms. The molecule has 0 heterocycles. The summed E-state index contributed by atoms with van der Waals surface area (Å²) in [5.41, 5.74) is 0.831. The molecule has 0 spiro atoms. The quantitative estimate of drug-likeness (QED) is 0.635. The van der Waals surface area contributed by atoms with Gasteiger partial charge in [-0.15, -0.1) is 0 Å². The van der Waals surface area contributed by atoms with Gasteiger partial charge in [0, 0.05) is 6.07 Å². The minimum Gasteiger partial charge on any atom is -0.258 e. The molecule has 17 heavy (non-hydrogen) atoms. The number of nitro groups is 1. The average Bonchev–Trinajstić information content (AvgIpc) is 2.26. The molecule has 1 aromatic carbocycles. The van der Waals surface area contributed by atoms with Gasteiger partial charge in [-0.1, -0.05) is 12.1 Å². The molecule has 92 valence electrons. The molecular formula is C10H12N2O4S. The van der Waals surface area contributed by atoms with E-state index in [0.29, 0.717) is 24.8 Å². The van der Waals surface area contributed by atoms with Crippen LogP contribution in [0, 0.1) is 10.1 Å². The number of sulfonamides is 1. The second-order valence-corrected chi connectivity index (χ2v) is 5.82. The Morgan fingerprint density at radius 2 is 2.12 bits per heavy atom. The van der Waals surface area contributed by atoms with Crippen molar-refractivity contribution >= 4 is 15.7 Å². The van der Waals surface area contributed by atoms with Crippen LogP contribution in [0.15, 0.2) is 18.2 Å². The largest absolute Gasteiger partial charge is 0.274 e. The van der Waals surface area contributed by atoms with Crippen molar-refractivity contribution in [3.05, 3.63) is 39.4 Å². The first-order chi connectivity index (χ1) is 7.91. The zero-order valence-corrected chi connectivity index (χ0v) is 9.81. The standard InChI is InChI=1S/C10H12N2O4S/c11-17(15,16)9-6-2-4-7-3-1-5-8(10(7)9)12(13)14/h1,3,5,9H,2,4,6H2,(H2,11,15,16). The highest BCUT2D eigenvalue weighted by molar-refractivity contribution is 7.89.